The van der Waals surface area contributed by atoms with Crippen LogP contribution < -0.4 is 15.4 Å². The van der Waals surface area contributed by atoms with Gasteiger partial charge in [0.25, 0.3) is 5.91 Å². The van der Waals surface area contributed by atoms with Crippen LogP contribution in [0.15, 0.2) is 72.8 Å². The maximum Gasteiger partial charge on any atom is 0.255 e. The number of carbonyl (C=O) groups excluding carboxylic acids is 2. The topological polar surface area (TPSA) is 67.4 Å². The first kappa shape index (κ1) is 20.1. The van der Waals surface area contributed by atoms with Gasteiger partial charge in [-0.05, 0) is 48.0 Å². The fourth-order valence-electron chi connectivity index (χ4n) is 2.65. The smallest absolute Gasteiger partial charge is 0.255 e. The van der Waals surface area contributed by atoms with E-state index in [1.807, 2.05) is 6.07 Å². The van der Waals surface area contributed by atoms with E-state index in [1.54, 1.807) is 61.5 Å². The summed E-state index contributed by atoms with van der Waals surface area (Å²) >= 11 is 0. The molecule has 3 rings (SSSR count). The number of anilines is 2. The Morgan fingerprint density at radius 3 is 2.38 bits per heavy atom. The molecule has 29 heavy (non-hydrogen) atoms. The summed E-state index contributed by atoms with van der Waals surface area (Å²) in [6.07, 6.45) is 0.362. The number of halogens is 1. The highest BCUT2D eigenvalue weighted by Gasteiger charge is 2.09. The maximum atomic E-state index is 13.2. The zero-order chi connectivity index (χ0) is 20.6. The van der Waals surface area contributed by atoms with Crippen LogP contribution in [0.1, 0.15) is 29.3 Å². The number of nitrogens with one attached hydrogen (secondary N) is 2. The van der Waals surface area contributed by atoms with E-state index in [1.165, 1.54) is 12.1 Å². The average molecular weight is 392 g/mol. The highest BCUT2D eigenvalue weighted by Crippen LogP contribution is 2.18. The predicted octanol–water partition coefficient (Wildman–Crippen LogP) is 5.01. The van der Waals surface area contributed by atoms with E-state index in [0.29, 0.717) is 29.1 Å². The maximum absolute atomic E-state index is 13.2. The third-order valence-corrected chi connectivity index (χ3v) is 4.12. The van der Waals surface area contributed by atoms with Crippen LogP contribution in [0, 0.1) is 5.82 Å². The normalized spacial score (nSPS) is 10.3. The molecule has 6 heteroatoms. The number of amides is 2. The molecule has 0 saturated carbocycles. The summed E-state index contributed by atoms with van der Waals surface area (Å²) in [5, 5.41) is 5.57. The van der Waals surface area contributed by atoms with Crippen LogP contribution >= 0.6 is 0 Å². The molecule has 2 amide bonds. The lowest BCUT2D eigenvalue weighted by molar-refractivity contribution is -0.115. The van der Waals surface area contributed by atoms with Gasteiger partial charge >= 0.3 is 0 Å². The van der Waals surface area contributed by atoms with Gasteiger partial charge in [-0.1, -0.05) is 31.2 Å². The summed E-state index contributed by atoms with van der Waals surface area (Å²) in [7, 11) is 0. The first-order chi connectivity index (χ1) is 14.0. The van der Waals surface area contributed by atoms with Gasteiger partial charge in [-0.15, -0.1) is 0 Å². The number of hydrogen-bond donors (Lipinski definition) is 2. The van der Waals surface area contributed by atoms with E-state index >= 15 is 0 Å². The minimum Gasteiger partial charge on any atom is -0.489 e. The van der Waals surface area contributed by atoms with Crippen molar-refractivity contribution in [1.29, 1.82) is 0 Å². The third-order valence-electron chi connectivity index (χ3n) is 4.12. The Kier molecular flexibility index (Phi) is 6.58. The van der Waals surface area contributed by atoms with E-state index in [9.17, 15) is 14.0 Å². The minimum atomic E-state index is -0.360. The minimum absolute atomic E-state index is 0.117. The summed E-state index contributed by atoms with van der Waals surface area (Å²) in [5.74, 6) is -0.333. The number of ether oxygens (including phenoxy) is 1. The first-order valence-corrected chi connectivity index (χ1v) is 9.22. The summed E-state index contributed by atoms with van der Waals surface area (Å²) < 4.78 is 18.8. The molecule has 0 aromatic heterocycles. The Morgan fingerprint density at radius 1 is 0.897 bits per heavy atom. The molecular formula is C23H21FN2O3. The van der Waals surface area contributed by atoms with Crippen molar-refractivity contribution in [1.82, 2.24) is 0 Å². The highest BCUT2D eigenvalue weighted by atomic mass is 19.1. The van der Waals surface area contributed by atoms with Crippen LogP contribution in [0.4, 0.5) is 15.8 Å². The molecule has 0 atom stereocenters. The van der Waals surface area contributed by atoms with Gasteiger partial charge in [0.15, 0.2) is 0 Å². The molecule has 148 valence electrons. The molecule has 2 N–H and O–H groups in total. The quantitative estimate of drug-likeness (QED) is 0.594. The molecule has 0 aliphatic heterocycles. The van der Waals surface area contributed by atoms with Gasteiger partial charge in [-0.3, -0.25) is 9.59 Å². The molecule has 0 unspecified atom stereocenters. The Bertz CT molecular complexity index is 1020. The SMILES string of the molecule is CCC(=O)Nc1cccc(C(=O)Nc2cccc(COc3cccc(F)c3)c2)c1. The number of benzene rings is 3. The zero-order valence-corrected chi connectivity index (χ0v) is 15.9. The Morgan fingerprint density at radius 2 is 1.62 bits per heavy atom. The van der Waals surface area contributed by atoms with Gasteiger partial charge in [0.1, 0.15) is 18.2 Å². The molecule has 0 saturated heterocycles. The fourth-order valence-corrected chi connectivity index (χ4v) is 2.65. The van der Waals surface area contributed by atoms with E-state index < -0.39 is 0 Å². The molecule has 0 radical (unpaired) electrons. The van der Waals surface area contributed by atoms with Crippen LogP contribution in [0.3, 0.4) is 0 Å². The van der Waals surface area contributed by atoms with Gasteiger partial charge in [-0.2, -0.15) is 0 Å². The Labute approximate surface area is 168 Å². The van der Waals surface area contributed by atoms with Crippen molar-refractivity contribution in [2.45, 2.75) is 20.0 Å². The lowest BCUT2D eigenvalue weighted by Gasteiger charge is -2.10. The van der Waals surface area contributed by atoms with Crippen molar-refractivity contribution >= 4 is 23.2 Å². The molecule has 0 aliphatic carbocycles. The van der Waals surface area contributed by atoms with Crippen molar-refractivity contribution in [3.05, 3.63) is 89.7 Å². The van der Waals surface area contributed by atoms with Gasteiger partial charge in [0, 0.05) is 29.4 Å². The standard InChI is InChI=1S/C23H21FN2O3/c1-2-22(27)25-20-10-4-7-17(13-20)23(28)26-19-9-3-6-16(12-19)15-29-21-11-5-8-18(24)14-21/h3-14H,2,15H2,1H3,(H,25,27)(H,26,28). The second kappa shape index (κ2) is 9.50. The predicted molar refractivity (Wildman–Crippen MR) is 110 cm³/mol. The van der Waals surface area contributed by atoms with E-state index in [4.69, 9.17) is 4.74 Å². The van der Waals surface area contributed by atoms with Crippen LogP contribution in [0.25, 0.3) is 0 Å². The van der Waals surface area contributed by atoms with Gasteiger partial charge in [0.05, 0.1) is 0 Å². The highest BCUT2D eigenvalue weighted by molar-refractivity contribution is 6.05. The molecule has 0 aliphatic rings. The van der Waals surface area contributed by atoms with E-state index in [0.717, 1.165) is 5.56 Å². The van der Waals surface area contributed by atoms with Crippen molar-refractivity contribution in [3.63, 3.8) is 0 Å². The second-order valence-electron chi connectivity index (χ2n) is 6.38. The largest absolute Gasteiger partial charge is 0.489 e. The number of hydrogen-bond acceptors (Lipinski definition) is 3. The van der Waals surface area contributed by atoms with Gasteiger partial charge < -0.3 is 15.4 Å². The molecule has 3 aromatic carbocycles. The zero-order valence-electron chi connectivity index (χ0n) is 15.9. The summed E-state index contributed by atoms with van der Waals surface area (Å²) in [6, 6.07) is 19.9. The molecule has 3 aromatic rings. The number of carbonyl (C=O) groups is 2. The monoisotopic (exact) mass is 392 g/mol. The molecular weight excluding hydrogens is 371 g/mol. The van der Waals surface area contributed by atoms with Crippen LogP contribution in [-0.2, 0) is 11.4 Å². The lowest BCUT2D eigenvalue weighted by Crippen LogP contribution is -2.14. The summed E-state index contributed by atoms with van der Waals surface area (Å²) in [5.41, 5.74) is 2.44. The van der Waals surface area contributed by atoms with Crippen molar-refractivity contribution in [3.8, 4) is 5.75 Å². The van der Waals surface area contributed by atoms with Gasteiger partial charge in [0.2, 0.25) is 5.91 Å². The van der Waals surface area contributed by atoms with Crippen molar-refractivity contribution in [2.24, 2.45) is 0 Å². The molecule has 0 bridgehead atoms. The van der Waals surface area contributed by atoms with Crippen molar-refractivity contribution in [2.75, 3.05) is 10.6 Å². The summed E-state index contributed by atoms with van der Waals surface area (Å²) in [6.45, 7) is 2.00. The molecule has 5 nitrogen and oxygen atoms in total. The number of rotatable bonds is 7. The first-order valence-electron chi connectivity index (χ1n) is 9.22. The van der Waals surface area contributed by atoms with E-state index in [-0.39, 0.29) is 24.2 Å². The second-order valence-corrected chi connectivity index (χ2v) is 6.38. The van der Waals surface area contributed by atoms with Crippen LogP contribution in [0.5, 0.6) is 5.75 Å². The molecule has 0 spiro atoms. The average Bonchev–Trinajstić information content (AvgIpc) is 2.73. The van der Waals surface area contributed by atoms with Crippen LogP contribution in [0.2, 0.25) is 0 Å². The lowest BCUT2D eigenvalue weighted by atomic mass is 10.1. The molecule has 0 heterocycles. The molecule has 0 fully saturated rings. The third kappa shape index (κ3) is 5.90. The Hall–Kier alpha value is -3.67. The van der Waals surface area contributed by atoms with Crippen LogP contribution in [-0.4, -0.2) is 11.8 Å². The van der Waals surface area contributed by atoms with Gasteiger partial charge in [-0.25, -0.2) is 4.39 Å². The van der Waals surface area contributed by atoms with E-state index in [2.05, 4.69) is 10.6 Å². The fraction of sp³-hybridized carbons (Fsp3) is 0.130. The summed E-state index contributed by atoms with van der Waals surface area (Å²) in [4.78, 5) is 24.1. The van der Waals surface area contributed by atoms with Crippen molar-refractivity contribution < 1.29 is 18.7 Å². The Balaban J connectivity index is 1.64.